The fourth-order valence-corrected chi connectivity index (χ4v) is 2.95. The van der Waals surface area contributed by atoms with Crippen LogP contribution in [-0.2, 0) is 11.2 Å². The second-order valence-electron chi connectivity index (χ2n) is 5.12. The first-order valence-electron chi connectivity index (χ1n) is 7.25. The van der Waals surface area contributed by atoms with Crippen LogP contribution in [-0.4, -0.2) is 18.5 Å². The predicted octanol–water partition coefficient (Wildman–Crippen LogP) is 1.79. The van der Waals surface area contributed by atoms with Gasteiger partial charge in [0.2, 0.25) is 5.91 Å². The Morgan fingerprint density at radius 2 is 1.91 bits per heavy atom. The van der Waals surface area contributed by atoms with E-state index in [1.54, 1.807) is 0 Å². The summed E-state index contributed by atoms with van der Waals surface area (Å²) in [5, 5.41) is 7.35. The van der Waals surface area contributed by atoms with Crippen LogP contribution in [0, 0.1) is 0 Å². The summed E-state index contributed by atoms with van der Waals surface area (Å²) in [6.45, 7) is 0.524. The standard InChI is InChI=1S/C16H20N4O2S/c17-12-5-3-11(4-6-12)7-8-19-15(21)10-13(20-16(18)22)14-2-1-9-23-14/h1-6,9,13H,7-8,10,17H2,(H,19,21)(H3,18,20,22). The van der Waals surface area contributed by atoms with Gasteiger partial charge < -0.3 is 22.1 Å². The zero-order valence-electron chi connectivity index (χ0n) is 12.6. The number of rotatable bonds is 7. The van der Waals surface area contributed by atoms with Crippen LogP contribution in [0.5, 0.6) is 0 Å². The summed E-state index contributed by atoms with van der Waals surface area (Å²) in [5.41, 5.74) is 12.6. The number of nitrogens with one attached hydrogen (secondary N) is 2. The average Bonchev–Trinajstić information content (AvgIpc) is 3.02. The first-order valence-corrected chi connectivity index (χ1v) is 8.13. The van der Waals surface area contributed by atoms with Crippen LogP contribution >= 0.6 is 11.3 Å². The maximum atomic E-state index is 12.1. The van der Waals surface area contributed by atoms with Gasteiger partial charge in [0.1, 0.15) is 0 Å². The van der Waals surface area contributed by atoms with E-state index in [9.17, 15) is 9.59 Å². The number of nitrogens with two attached hydrogens (primary N) is 2. The molecule has 1 heterocycles. The van der Waals surface area contributed by atoms with Gasteiger partial charge >= 0.3 is 6.03 Å². The van der Waals surface area contributed by atoms with Crippen LogP contribution in [0.1, 0.15) is 22.9 Å². The average molecular weight is 332 g/mol. The number of hydrogen-bond acceptors (Lipinski definition) is 4. The molecule has 0 radical (unpaired) electrons. The smallest absolute Gasteiger partial charge is 0.312 e. The van der Waals surface area contributed by atoms with E-state index in [2.05, 4.69) is 10.6 Å². The van der Waals surface area contributed by atoms with Crippen LogP contribution < -0.4 is 22.1 Å². The Labute approximate surface area is 138 Å². The predicted molar refractivity (Wildman–Crippen MR) is 92.0 cm³/mol. The van der Waals surface area contributed by atoms with E-state index in [0.29, 0.717) is 12.2 Å². The Hall–Kier alpha value is -2.54. The van der Waals surface area contributed by atoms with Gasteiger partial charge in [0.15, 0.2) is 0 Å². The molecular weight excluding hydrogens is 312 g/mol. The normalized spacial score (nSPS) is 11.7. The number of carbonyl (C=O) groups excluding carboxylic acids is 2. The molecule has 2 aromatic rings. The molecule has 1 unspecified atom stereocenters. The molecular formula is C16H20N4O2S. The van der Waals surface area contributed by atoms with Crippen molar-refractivity contribution >= 4 is 29.0 Å². The van der Waals surface area contributed by atoms with E-state index in [0.717, 1.165) is 16.9 Å². The molecule has 6 N–H and O–H groups in total. The lowest BCUT2D eigenvalue weighted by atomic mass is 10.1. The Morgan fingerprint density at radius 3 is 2.52 bits per heavy atom. The minimum Gasteiger partial charge on any atom is -0.399 e. The minimum absolute atomic E-state index is 0.132. The van der Waals surface area contributed by atoms with Crippen molar-refractivity contribution in [3.63, 3.8) is 0 Å². The van der Waals surface area contributed by atoms with Gasteiger partial charge in [0, 0.05) is 17.1 Å². The molecule has 0 aliphatic heterocycles. The molecule has 23 heavy (non-hydrogen) atoms. The van der Waals surface area contributed by atoms with Crippen molar-refractivity contribution in [3.8, 4) is 0 Å². The van der Waals surface area contributed by atoms with Crippen LogP contribution in [0.4, 0.5) is 10.5 Å². The first kappa shape index (κ1) is 16.8. The number of thiophene rings is 1. The van der Waals surface area contributed by atoms with Crippen LogP contribution in [0.25, 0.3) is 0 Å². The van der Waals surface area contributed by atoms with Gasteiger partial charge in [-0.15, -0.1) is 11.3 Å². The van der Waals surface area contributed by atoms with E-state index in [1.165, 1.54) is 11.3 Å². The molecule has 0 bridgehead atoms. The molecule has 0 saturated heterocycles. The molecule has 0 spiro atoms. The number of anilines is 1. The molecule has 3 amide bonds. The third-order valence-electron chi connectivity index (χ3n) is 3.31. The van der Waals surface area contributed by atoms with Gasteiger partial charge in [-0.05, 0) is 35.6 Å². The quantitative estimate of drug-likeness (QED) is 0.580. The van der Waals surface area contributed by atoms with Gasteiger partial charge in [-0.3, -0.25) is 4.79 Å². The molecule has 1 aromatic carbocycles. The molecule has 122 valence electrons. The molecule has 0 fully saturated rings. The molecule has 6 nitrogen and oxygen atoms in total. The molecule has 0 aliphatic carbocycles. The summed E-state index contributed by atoms with van der Waals surface area (Å²) in [4.78, 5) is 24.0. The molecule has 0 saturated carbocycles. The third kappa shape index (κ3) is 5.63. The SMILES string of the molecule is NC(=O)NC(CC(=O)NCCc1ccc(N)cc1)c1cccs1. The Morgan fingerprint density at radius 1 is 1.17 bits per heavy atom. The summed E-state index contributed by atoms with van der Waals surface area (Å²) in [7, 11) is 0. The Balaban J connectivity index is 1.82. The van der Waals surface area contributed by atoms with Gasteiger partial charge in [-0.2, -0.15) is 0 Å². The van der Waals surface area contributed by atoms with Crippen molar-refractivity contribution in [1.29, 1.82) is 0 Å². The maximum Gasteiger partial charge on any atom is 0.312 e. The van der Waals surface area contributed by atoms with Crippen molar-refractivity contribution in [2.45, 2.75) is 18.9 Å². The minimum atomic E-state index is -0.641. The van der Waals surface area contributed by atoms with Crippen molar-refractivity contribution < 1.29 is 9.59 Å². The summed E-state index contributed by atoms with van der Waals surface area (Å²) < 4.78 is 0. The highest BCUT2D eigenvalue weighted by Crippen LogP contribution is 2.21. The lowest BCUT2D eigenvalue weighted by molar-refractivity contribution is -0.121. The summed E-state index contributed by atoms with van der Waals surface area (Å²) in [6.07, 6.45) is 0.879. The van der Waals surface area contributed by atoms with Crippen molar-refractivity contribution in [3.05, 3.63) is 52.2 Å². The largest absolute Gasteiger partial charge is 0.399 e. The number of hydrogen-bond donors (Lipinski definition) is 4. The zero-order valence-corrected chi connectivity index (χ0v) is 13.4. The number of carbonyl (C=O) groups is 2. The van der Waals surface area contributed by atoms with Crippen LogP contribution in [0.3, 0.4) is 0 Å². The van der Waals surface area contributed by atoms with Crippen molar-refractivity contribution in [2.24, 2.45) is 5.73 Å². The zero-order chi connectivity index (χ0) is 16.7. The van der Waals surface area contributed by atoms with E-state index < -0.39 is 12.1 Å². The number of amides is 3. The highest BCUT2D eigenvalue weighted by Gasteiger charge is 2.18. The lowest BCUT2D eigenvalue weighted by Gasteiger charge is -2.15. The highest BCUT2D eigenvalue weighted by molar-refractivity contribution is 7.10. The second-order valence-corrected chi connectivity index (χ2v) is 6.10. The van der Waals surface area contributed by atoms with E-state index >= 15 is 0 Å². The van der Waals surface area contributed by atoms with Gasteiger partial charge in [-0.25, -0.2) is 4.79 Å². The van der Waals surface area contributed by atoms with E-state index in [1.807, 2.05) is 41.8 Å². The van der Waals surface area contributed by atoms with E-state index in [4.69, 9.17) is 11.5 Å². The molecule has 1 atom stereocenters. The van der Waals surface area contributed by atoms with Crippen molar-refractivity contribution in [2.75, 3.05) is 12.3 Å². The fourth-order valence-electron chi connectivity index (χ4n) is 2.17. The Kier molecular flexibility index (Phi) is 5.99. The van der Waals surface area contributed by atoms with Crippen LogP contribution in [0.15, 0.2) is 41.8 Å². The van der Waals surface area contributed by atoms with Crippen molar-refractivity contribution in [1.82, 2.24) is 10.6 Å². The summed E-state index contributed by atoms with van der Waals surface area (Å²) in [5.74, 6) is -0.132. The highest BCUT2D eigenvalue weighted by atomic mass is 32.1. The topological polar surface area (TPSA) is 110 Å². The molecule has 1 aromatic heterocycles. The monoisotopic (exact) mass is 332 g/mol. The number of nitrogen functional groups attached to an aromatic ring is 1. The second kappa shape index (κ2) is 8.19. The first-order chi connectivity index (χ1) is 11.0. The van der Waals surface area contributed by atoms with Gasteiger partial charge in [0.05, 0.1) is 12.5 Å². The summed E-state index contributed by atoms with van der Waals surface area (Å²) >= 11 is 1.47. The maximum absolute atomic E-state index is 12.1. The lowest BCUT2D eigenvalue weighted by Crippen LogP contribution is -2.36. The summed E-state index contributed by atoms with van der Waals surface area (Å²) in [6, 6.07) is 10.2. The Bertz CT molecular complexity index is 641. The molecule has 0 aliphatic rings. The van der Waals surface area contributed by atoms with Crippen LogP contribution in [0.2, 0.25) is 0 Å². The van der Waals surface area contributed by atoms with Gasteiger partial charge in [0.25, 0.3) is 0 Å². The number of benzene rings is 1. The number of primary amides is 1. The fraction of sp³-hybridized carbons (Fsp3) is 0.250. The van der Waals surface area contributed by atoms with Gasteiger partial charge in [-0.1, -0.05) is 18.2 Å². The molecule has 2 rings (SSSR count). The third-order valence-corrected chi connectivity index (χ3v) is 4.29. The number of urea groups is 1. The molecule has 7 heteroatoms. The van der Waals surface area contributed by atoms with E-state index in [-0.39, 0.29) is 12.3 Å².